The van der Waals surface area contributed by atoms with Crippen LogP contribution in [0, 0.1) is 0 Å². The van der Waals surface area contributed by atoms with Gasteiger partial charge in [-0.15, -0.1) is 11.8 Å². The Kier molecular flexibility index (Phi) is 3.83. The van der Waals surface area contributed by atoms with Crippen LogP contribution < -0.4 is 11.1 Å². The first kappa shape index (κ1) is 13.7. The largest absolute Gasteiger partial charge is 0.324 e. The summed E-state index contributed by atoms with van der Waals surface area (Å²) in [7, 11) is 0. The molecular weight excluding hydrogens is 336 g/mol. The summed E-state index contributed by atoms with van der Waals surface area (Å²) in [5.74, 6) is 0.746. The van der Waals surface area contributed by atoms with Gasteiger partial charge in [0, 0.05) is 26.4 Å². The van der Waals surface area contributed by atoms with Gasteiger partial charge in [-0.05, 0) is 33.6 Å². The van der Waals surface area contributed by atoms with Crippen LogP contribution in [0.2, 0.25) is 0 Å². The second-order valence-electron chi connectivity index (χ2n) is 4.61. The van der Waals surface area contributed by atoms with E-state index in [1.165, 1.54) is 5.56 Å². The van der Waals surface area contributed by atoms with Crippen LogP contribution in [-0.4, -0.2) is 5.91 Å². The van der Waals surface area contributed by atoms with E-state index in [1.54, 1.807) is 11.8 Å². The van der Waals surface area contributed by atoms with Gasteiger partial charge in [-0.25, -0.2) is 0 Å². The standard InChI is InChI=1S/C15H13BrN2OS/c16-11-6-10-12(18-15(19)14(10)17)7-13(11)20-8-9-4-2-1-3-5-9/h1-7,14H,8,17H2,(H,18,19). The lowest BCUT2D eigenvalue weighted by Crippen LogP contribution is -2.19. The second kappa shape index (κ2) is 5.60. The van der Waals surface area contributed by atoms with E-state index in [1.807, 2.05) is 30.3 Å². The molecule has 3 N–H and O–H groups in total. The molecule has 0 saturated carbocycles. The Morgan fingerprint density at radius 3 is 2.75 bits per heavy atom. The zero-order valence-corrected chi connectivity index (χ0v) is 13.0. The zero-order chi connectivity index (χ0) is 14.1. The first-order valence-corrected chi connectivity index (χ1v) is 7.99. The molecule has 3 rings (SSSR count). The van der Waals surface area contributed by atoms with Crippen molar-refractivity contribution in [2.24, 2.45) is 5.73 Å². The fourth-order valence-corrected chi connectivity index (χ4v) is 3.75. The van der Waals surface area contributed by atoms with Crippen LogP contribution in [-0.2, 0) is 10.5 Å². The molecule has 0 saturated heterocycles. The summed E-state index contributed by atoms with van der Waals surface area (Å²) < 4.78 is 0.976. The predicted octanol–water partition coefficient (Wildman–Crippen LogP) is 3.69. The van der Waals surface area contributed by atoms with Gasteiger partial charge in [-0.2, -0.15) is 0 Å². The Bertz CT molecular complexity index is 660. The lowest BCUT2D eigenvalue weighted by Gasteiger charge is -2.08. The summed E-state index contributed by atoms with van der Waals surface area (Å²) in [5.41, 5.74) is 8.78. The van der Waals surface area contributed by atoms with Crippen molar-refractivity contribution in [3.63, 3.8) is 0 Å². The Morgan fingerprint density at radius 1 is 1.25 bits per heavy atom. The van der Waals surface area contributed by atoms with Crippen LogP contribution >= 0.6 is 27.7 Å². The van der Waals surface area contributed by atoms with Crippen molar-refractivity contribution in [1.82, 2.24) is 0 Å². The molecule has 2 aromatic rings. The molecule has 0 spiro atoms. The van der Waals surface area contributed by atoms with Crippen molar-refractivity contribution in [3.05, 3.63) is 58.1 Å². The molecule has 2 aromatic carbocycles. The summed E-state index contributed by atoms with van der Waals surface area (Å²) in [6, 6.07) is 13.6. The third kappa shape index (κ3) is 2.61. The highest BCUT2D eigenvalue weighted by Crippen LogP contribution is 2.39. The molecule has 0 radical (unpaired) electrons. The Balaban J connectivity index is 1.82. The van der Waals surface area contributed by atoms with Crippen molar-refractivity contribution in [3.8, 4) is 0 Å². The molecule has 1 aliphatic heterocycles. The highest BCUT2D eigenvalue weighted by Gasteiger charge is 2.28. The van der Waals surface area contributed by atoms with Gasteiger partial charge in [0.05, 0.1) is 0 Å². The number of rotatable bonds is 3. The number of amides is 1. The molecule has 0 fully saturated rings. The molecule has 0 aromatic heterocycles. The van der Waals surface area contributed by atoms with Gasteiger partial charge in [-0.1, -0.05) is 30.3 Å². The van der Waals surface area contributed by atoms with Crippen LogP contribution in [0.3, 0.4) is 0 Å². The van der Waals surface area contributed by atoms with E-state index < -0.39 is 6.04 Å². The van der Waals surface area contributed by atoms with Crippen LogP contribution in [0.4, 0.5) is 5.69 Å². The molecule has 102 valence electrons. The topological polar surface area (TPSA) is 55.1 Å². The highest BCUT2D eigenvalue weighted by molar-refractivity contribution is 9.10. The van der Waals surface area contributed by atoms with E-state index in [-0.39, 0.29) is 5.91 Å². The van der Waals surface area contributed by atoms with Crippen molar-refractivity contribution in [1.29, 1.82) is 0 Å². The number of nitrogens with one attached hydrogen (secondary N) is 1. The average Bonchev–Trinajstić information content (AvgIpc) is 2.73. The minimum absolute atomic E-state index is 0.142. The van der Waals surface area contributed by atoms with Crippen LogP contribution in [0.15, 0.2) is 51.8 Å². The number of carbonyl (C=O) groups is 1. The van der Waals surface area contributed by atoms with Gasteiger partial charge in [0.2, 0.25) is 5.91 Å². The van der Waals surface area contributed by atoms with E-state index in [4.69, 9.17) is 5.73 Å². The van der Waals surface area contributed by atoms with Gasteiger partial charge in [0.1, 0.15) is 6.04 Å². The first-order chi connectivity index (χ1) is 9.65. The van der Waals surface area contributed by atoms with E-state index in [9.17, 15) is 4.79 Å². The Labute approximate surface area is 130 Å². The summed E-state index contributed by atoms with van der Waals surface area (Å²) in [6.45, 7) is 0. The quantitative estimate of drug-likeness (QED) is 0.831. The minimum atomic E-state index is -0.561. The number of carbonyl (C=O) groups excluding carboxylic acids is 1. The number of hydrogen-bond donors (Lipinski definition) is 2. The molecule has 5 heteroatoms. The van der Waals surface area contributed by atoms with Crippen molar-refractivity contribution >= 4 is 39.3 Å². The molecule has 1 atom stereocenters. The van der Waals surface area contributed by atoms with E-state index in [0.29, 0.717) is 0 Å². The van der Waals surface area contributed by atoms with Crippen LogP contribution in [0.5, 0.6) is 0 Å². The SMILES string of the molecule is NC1C(=O)Nc2cc(SCc3ccccc3)c(Br)cc21. The molecule has 1 unspecified atom stereocenters. The number of nitrogens with two attached hydrogens (primary N) is 1. The third-order valence-electron chi connectivity index (χ3n) is 3.22. The molecule has 1 aliphatic rings. The molecule has 1 amide bonds. The molecule has 0 aliphatic carbocycles. The smallest absolute Gasteiger partial charge is 0.245 e. The highest BCUT2D eigenvalue weighted by atomic mass is 79.9. The fourth-order valence-electron chi connectivity index (χ4n) is 2.13. The number of hydrogen-bond acceptors (Lipinski definition) is 3. The average molecular weight is 349 g/mol. The van der Waals surface area contributed by atoms with Gasteiger partial charge < -0.3 is 11.1 Å². The van der Waals surface area contributed by atoms with Gasteiger partial charge in [0.25, 0.3) is 0 Å². The number of thioether (sulfide) groups is 1. The summed E-state index contributed by atoms with van der Waals surface area (Å²) in [4.78, 5) is 12.7. The molecule has 1 heterocycles. The third-order valence-corrected chi connectivity index (χ3v) is 5.26. The predicted molar refractivity (Wildman–Crippen MR) is 85.7 cm³/mol. The van der Waals surface area contributed by atoms with E-state index in [0.717, 1.165) is 26.4 Å². The fraction of sp³-hybridized carbons (Fsp3) is 0.133. The first-order valence-electron chi connectivity index (χ1n) is 6.22. The Hall–Kier alpha value is -1.30. The minimum Gasteiger partial charge on any atom is -0.324 e. The van der Waals surface area contributed by atoms with E-state index in [2.05, 4.69) is 33.4 Å². The number of halogens is 1. The molecule has 3 nitrogen and oxygen atoms in total. The summed E-state index contributed by atoms with van der Waals surface area (Å²) >= 11 is 5.29. The maximum Gasteiger partial charge on any atom is 0.245 e. The number of fused-ring (bicyclic) bond motifs is 1. The molecule has 0 bridgehead atoms. The lowest BCUT2D eigenvalue weighted by atomic mass is 10.1. The normalized spacial score (nSPS) is 16.9. The zero-order valence-electron chi connectivity index (χ0n) is 10.6. The van der Waals surface area contributed by atoms with E-state index >= 15 is 0 Å². The maximum absolute atomic E-state index is 11.6. The second-order valence-corrected chi connectivity index (χ2v) is 6.48. The maximum atomic E-state index is 11.6. The van der Waals surface area contributed by atoms with Gasteiger partial charge in [0.15, 0.2) is 0 Å². The van der Waals surface area contributed by atoms with Gasteiger partial charge >= 0.3 is 0 Å². The van der Waals surface area contributed by atoms with Crippen molar-refractivity contribution in [2.45, 2.75) is 16.7 Å². The number of benzene rings is 2. The van der Waals surface area contributed by atoms with Gasteiger partial charge in [-0.3, -0.25) is 4.79 Å². The summed E-state index contributed by atoms with van der Waals surface area (Å²) in [6.07, 6.45) is 0. The Morgan fingerprint density at radius 2 is 2.00 bits per heavy atom. The van der Waals surface area contributed by atoms with Crippen molar-refractivity contribution < 1.29 is 4.79 Å². The van der Waals surface area contributed by atoms with Crippen LogP contribution in [0.1, 0.15) is 17.2 Å². The number of anilines is 1. The lowest BCUT2D eigenvalue weighted by molar-refractivity contribution is -0.116. The summed E-state index contributed by atoms with van der Waals surface area (Å²) in [5, 5.41) is 2.81. The van der Waals surface area contributed by atoms with Crippen LogP contribution in [0.25, 0.3) is 0 Å². The molecule has 20 heavy (non-hydrogen) atoms. The van der Waals surface area contributed by atoms with Crippen molar-refractivity contribution in [2.75, 3.05) is 5.32 Å². The monoisotopic (exact) mass is 348 g/mol. The molecular formula is C15H13BrN2OS.